The van der Waals surface area contributed by atoms with Gasteiger partial charge in [0.15, 0.2) is 0 Å². The molecule has 0 amide bonds. The lowest BCUT2D eigenvalue weighted by Crippen LogP contribution is -1.94. The summed E-state index contributed by atoms with van der Waals surface area (Å²) in [5.74, 6) is 0. The Balaban J connectivity index is 3.56. The Morgan fingerprint density at radius 3 is 2.12 bits per heavy atom. The van der Waals surface area contributed by atoms with Gasteiger partial charge in [0.05, 0.1) is 0 Å². The molecule has 1 unspecified atom stereocenters. The molecule has 0 spiro atoms. The highest BCUT2D eigenvalue weighted by Crippen LogP contribution is 2.38. The van der Waals surface area contributed by atoms with Crippen LogP contribution in [0, 0.1) is 0 Å². The first-order valence-corrected chi connectivity index (χ1v) is 4.86. The van der Waals surface area contributed by atoms with Gasteiger partial charge < -0.3 is 9.79 Å². The van der Waals surface area contributed by atoms with E-state index in [-0.39, 0.29) is 0 Å². The van der Waals surface area contributed by atoms with E-state index < -0.39 is 12.3 Å². The maximum Gasteiger partial charge on any atom is 0.323 e. The second kappa shape index (κ2) is 3.11. The molecule has 2 N–H and O–H groups in total. The Hall–Kier alpha value is 0.820. The first kappa shape index (κ1) is 8.82. The normalized spacial score (nSPS) is 16.0. The Morgan fingerprint density at radius 1 is 1.75 bits per heavy atom. The van der Waals surface area contributed by atoms with Crippen molar-refractivity contribution in [2.45, 2.75) is 12.5 Å². The maximum atomic E-state index is 8.36. The van der Waals surface area contributed by atoms with E-state index in [1.807, 2.05) is 0 Å². The van der Waals surface area contributed by atoms with Gasteiger partial charge in [0, 0.05) is 0 Å². The summed E-state index contributed by atoms with van der Waals surface area (Å²) in [4.78, 5) is 16.7. The molecule has 0 rings (SSSR count). The van der Waals surface area contributed by atoms with Crippen molar-refractivity contribution in [3.63, 3.8) is 0 Å². The van der Waals surface area contributed by atoms with Gasteiger partial charge in [-0.1, -0.05) is 11.6 Å². The molecule has 0 fully saturated rings. The zero-order chi connectivity index (χ0) is 6.78. The third-order valence-corrected chi connectivity index (χ3v) is 1.34. The summed E-state index contributed by atoms with van der Waals surface area (Å²) < 4.78 is 4.24. The summed E-state index contributed by atoms with van der Waals surface area (Å²) in [6.07, 6.45) is 0. The quantitative estimate of drug-likeness (QED) is 0.483. The van der Waals surface area contributed by atoms with E-state index in [1.54, 1.807) is 0 Å². The van der Waals surface area contributed by atoms with E-state index in [0.29, 0.717) is 0 Å². The Kier molecular flexibility index (Phi) is 3.43. The predicted molar refractivity (Wildman–Crippen MR) is 35.1 cm³/mol. The van der Waals surface area contributed by atoms with E-state index in [0.717, 1.165) is 0 Å². The molecule has 0 radical (unpaired) electrons. The smallest absolute Gasteiger partial charge is 0.323 e. The molecule has 0 aromatic carbocycles. The Morgan fingerprint density at radius 2 is 2.12 bits per heavy atom. The van der Waals surface area contributed by atoms with Gasteiger partial charge >= 0.3 is 6.72 Å². The largest absolute Gasteiger partial charge is 0.324 e. The van der Waals surface area contributed by atoms with E-state index >= 15 is 0 Å². The van der Waals surface area contributed by atoms with E-state index in [4.69, 9.17) is 21.4 Å². The lowest BCUT2D eigenvalue weighted by Gasteiger charge is -2.08. The molecule has 0 saturated heterocycles. The van der Waals surface area contributed by atoms with Crippen LogP contribution < -0.4 is 0 Å². The third kappa shape index (κ3) is 6.82. The van der Waals surface area contributed by atoms with Crippen molar-refractivity contribution in [2.75, 3.05) is 0 Å². The minimum Gasteiger partial charge on any atom is -0.324 e. The number of rotatable bonds is 2. The fourth-order valence-corrected chi connectivity index (χ4v) is 1.43. The van der Waals surface area contributed by atoms with Crippen LogP contribution in [0.25, 0.3) is 0 Å². The Bertz CT molecular complexity index is 110. The van der Waals surface area contributed by atoms with E-state index in [2.05, 4.69) is 16.3 Å². The molecule has 0 aliphatic rings. The van der Waals surface area contributed by atoms with E-state index in [1.165, 1.54) is 6.92 Å². The van der Waals surface area contributed by atoms with Gasteiger partial charge in [0.25, 0.3) is 0 Å². The molecule has 6 heteroatoms. The van der Waals surface area contributed by atoms with Gasteiger partial charge in [-0.05, 0) is 18.7 Å². The molecule has 8 heavy (non-hydrogen) atoms. The molecule has 0 bridgehead atoms. The molecular formula is C2H6ClO3PS. The summed E-state index contributed by atoms with van der Waals surface area (Å²) in [6.45, 7) is -2.07. The first-order chi connectivity index (χ1) is 3.42. The summed E-state index contributed by atoms with van der Waals surface area (Å²) in [6, 6.07) is 0. The molecule has 3 nitrogen and oxygen atoms in total. The van der Waals surface area contributed by atoms with Gasteiger partial charge in [-0.25, -0.2) is 0 Å². The molecule has 50 valence electrons. The summed E-state index contributed by atoms with van der Waals surface area (Å²) >= 11 is 9.26. The van der Waals surface area contributed by atoms with Crippen molar-refractivity contribution in [1.82, 2.24) is 0 Å². The van der Waals surface area contributed by atoms with Crippen LogP contribution in [0.3, 0.4) is 0 Å². The van der Waals surface area contributed by atoms with Crippen LogP contribution in [0.1, 0.15) is 6.92 Å². The molecule has 0 saturated carbocycles. The van der Waals surface area contributed by atoms with Crippen molar-refractivity contribution >= 4 is 30.1 Å². The molecule has 0 aliphatic heterocycles. The van der Waals surface area contributed by atoms with Crippen LogP contribution >= 0.6 is 18.3 Å². The highest BCUT2D eigenvalue weighted by atomic mass is 35.5. The SMILES string of the molecule is CC(Cl)OP(O)(O)=S. The zero-order valence-corrected chi connectivity index (χ0v) is 6.58. The predicted octanol–water partition coefficient (Wildman–Crippen LogP) is 0.797. The zero-order valence-electron chi connectivity index (χ0n) is 4.11. The number of hydrogen-bond donors (Lipinski definition) is 2. The monoisotopic (exact) mass is 176 g/mol. The van der Waals surface area contributed by atoms with Gasteiger partial charge in [-0.15, -0.1) is 0 Å². The van der Waals surface area contributed by atoms with Crippen molar-refractivity contribution < 1.29 is 14.3 Å². The second-order valence-corrected chi connectivity index (χ2v) is 4.37. The molecular weight excluding hydrogens is 171 g/mol. The van der Waals surface area contributed by atoms with Crippen molar-refractivity contribution in [3.8, 4) is 0 Å². The number of hydrogen-bond acceptors (Lipinski definition) is 2. The highest BCUT2D eigenvalue weighted by Gasteiger charge is 2.10. The standard InChI is InChI=1S/C2H6ClO3PS/c1-2(3)6-7(4,5)8/h2H,1H3,(H2,4,5,8). The Labute approximate surface area is 57.5 Å². The topological polar surface area (TPSA) is 49.7 Å². The van der Waals surface area contributed by atoms with E-state index in [9.17, 15) is 0 Å². The highest BCUT2D eigenvalue weighted by molar-refractivity contribution is 8.06. The summed E-state index contributed by atoms with van der Waals surface area (Å²) in [5, 5.41) is 0. The minimum atomic E-state index is -3.52. The van der Waals surface area contributed by atoms with Crippen molar-refractivity contribution in [1.29, 1.82) is 0 Å². The molecule has 1 atom stereocenters. The first-order valence-electron chi connectivity index (χ1n) is 1.80. The number of alkyl halides is 1. The maximum absolute atomic E-state index is 8.36. The second-order valence-electron chi connectivity index (χ2n) is 1.14. The van der Waals surface area contributed by atoms with Crippen molar-refractivity contribution in [2.24, 2.45) is 0 Å². The average molecular weight is 177 g/mol. The van der Waals surface area contributed by atoms with Crippen LogP contribution in [0.4, 0.5) is 0 Å². The lowest BCUT2D eigenvalue weighted by atomic mass is 10.9. The van der Waals surface area contributed by atoms with Gasteiger partial charge in [0.2, 0.25) is 0 Å². The lowest BCUT2D eigenvalue weighted by molar-refractivity contribution is 0.240. The molecule has 0 aliphatic carbocycles. The van der Waals surface area contributed by atoms with Crippen molar-refractivity contribution in [3.05, 3.63) is 0 Å². The van der Waals surface area contributed by atoms with Gasteiger partial charge in [-0.3, -0.25) is 4.52 Å². The molecule has 0 heterocycles. The average Bonchev–Trinajstić information content (AvgIpc) is 1.21. The van der Waals surface area contributed by atoms with Crippen LogP contribution in [0.15, 0.2) is 0 Å². The summed E-state index contributed by atoms with van der Waals surface area (Å²) in [5.41, 5.74) is -0.740. The molecule has 0 aromatic heterocycles. The number of halogens is 1. The molecule has 0 aromatic rings. The van der Waals surface area contributed by atoms with Crippen LogP contribution in [-0.2, 0) is 16.3 Å². The summed E-state index contributed by atoms with van der Waals surface area (Å²) in [7, 11) is 0. The van der Waals surface area contributed by atoms with Crippen LogP contribution in [0.2, 0.25) is 0 Å². The minimum absolute atomic E-state index is 0.740. The van der Waals surface area contributed by atoms with Gasteiger partial charge in [0.1, 0.15) is 5.56 Å². The van der Waals surface area contributed by atoms with Gasteiger partial charge in [-0.2, -0.15) is 0 Å². The van der Waals surface area contributed by atoms with Crippen LogP contribution in [-0.4, -0.2) is 15.3 Å². The van der Waals surface area contributed by atoms with Crippen LogP contribution in [0.5, 0.6) is 0 Å². The third-order valence-electron chi connectivity index (χ3n) is 0.283. The fourth-order valence-electron chi connectivity index (χ4n) is 0.189. The fraction of sp³-hybridized carbons (Fsp3) is 1.00.